The number of thioether (sulfide) groups is 1. The number of thiazole rings is 1. The van der Waals surface area contributed by atoms with Crippen molar-refractivity contribution in [1.82, 2.24) is 24.7 Å². The largest absolute Gasteiger partial charge is 0.496 e. The molecule has 27 heavy (non-hydrogen) atoms. The Bertz CT molecular complexity index is 1050. The molecule has 0 saturated carbocycles. The van der Waals surface area contributed by atoms with E-state index in [0.717, 1.165) is 44.3 Å². The molecular weight excluding hydrogens is 378 g/mol. The van der Waals surface area contributed by atoms with E-state index in [4.69, 9.17) is 9.72 Å². The first-order valence-electron chi connectivity index (χ1n) is 8.26. The van der Waals surface area contributed by atoms with E-state index in [1.165, 1.54) is 0 Å². The Labute approximate surface area is 165 Å². The molecule has 3 heterocycles. The first-order chi connectivity index (χ1) is 13.3. The van der Waals surface area contributed by atoms with Crippen LogP contribution in [0.4, 0.5) is 0 Å². The lowest BCUT2D eigenvalue weighted by atomic mass is 10.2. The summed E-state index contributed by atoms with van der Waals surface area (Å²) in [5, 5.41) is 12.5. The fourth-order valence-electron chi connectivity index (χ4n) is 2.64. The van der Waals surface area contributed by atoms with Crippen molar-refractivity contribution in [3.05, 3.63) is 59.9 Å². The number of benzene rings is 1. The molecule has 0 N–H and O–H groups in total. The first-order valence-corrected chi connectivity index (χ1v) is 10.1. The molecule has 0 aliphatic rings. The van der Waals surface area contributed by atoms with Crippen LogP contribution in [0.2, 0.25) is 0 Å². The summed E-state index contributed by atoms with van der Waals surface area (Å²) in [6, 6.07) is 11.8. The highest BCUT2D eigenvalue weighted by molar-refractivity contribution is 7.98. The number of pyridine rings is 1. The third-order valence-corrected chi connectivity index (χ3v) is 5.97. The van der Waals surface area contributed by atoms with Crippen LogP contribution in [0.15, 0.2) is 59.3 Å². The van der Waals surface area contributed by atoms with Crippen molar-refractivity contribution < 1.29 is 4.74 Å². The van der Waals surface area contributed by atoms with Crippen molar-refractivity contribution in [3.63, 3.8) is 0 Å². The van der Waals surface area contributed by atoms with Crippen LogP contribution in [0.25, 0.3) is 22.0 Å². The van der Waals surface area contributed by atoms with Crippen molar-refractivity contribution in [1.29, 1.82) is 0 Å². The van der Waals surface area contributed by atoms with Crippen LogP contribution in [0, 0.1) is 0 Å². The predicted molar refractivity (Wildman–Crippen MR) is 108 cm³/mol. The topological polar surface area (TPSA) is 65.7 Å². The number of hydrogen-bond acceptors (Lipinski definition) is 7. The quantitative estimate of drug-likeness (QED) is 0.454. The van der Waals surface area contributed by atoms with E-state index in [9.17, 15) is 0 Å². The molecule has 0 fully saturated rings. The van der Waals surface area contributed by atoms with Gasteiger partial charge in [0.05, 0.1) is 18.4 Å². The number of para-hydroxylation sites is 1. The van der Waals surface area contributed by atoms with E-state index in [1.54, 1.807) is 42.6 Å². The van der Waals surface area contributed by atoms with Gasteiger partial charge >= 0.3 is 0 Å². The second-order valence-corrected chi connectivity index (χ2v) is 7.54. The molecule has 3 aromatic heterocycles. The van der Waals surface area contributed by atoms with E-state index in [-0.39, 0.29) is 0 Å². The van der Waals surface area contributed by atoms with Crippen molar-refractivity contribution >= 4 is 23.1 Å². The summed E-state index contributed by atoms with van der Waals surface area (Å²) in [6.45, 7) is 0. The molecule has 0 saturated heterocycles. The maximum absolute atomic E-state index is 5.43. The van der Waals surface area contributed by atoms with Crippen molar-refractivity contribution in [2.24, 2.45) is 7.05 Å². The van der Waals surface area contributed by atoms with Crippen LogP contribution in [-0.4, -0.2) is 31.8 Å². The standard InChI is InChI=1S/C19H17N5OS2/c1-24-17(13-6-5-9-20-10-13)22-23-19(24)27-12-14-11-26-18(21-14)15-7-3-4-8-16(15)25-2/h3-11H,12H2,1-2H3. The maximum Gasteiger partial charge on any atom is 0.191 e. The van der Waals surface area contributed by atoms with E-state index < -0.39 is 0 Å². The maximum atomic E-state index is 5.43. The zero-order valence-electron chi connectivity index (χ0n) is 14.9. The summed E-state index contributed by atoms with van der Waals surface area (Å²) in [5.41, 5.74) is 2.97. The highest BCUT2D eigenvalue weighted by Gasteiger charge is 2.13. The van der Waals surface area contributed by atoms with Gasteiger partial charge in [-0.05, 0) is 24.3 Å². The Balaban J connectivity index is 1.49. The van der Waals surface area contributed by atoms with Gasteiger partial charge in [0.1, 0.15) is 10.8 Å². The molecule has 0 radical (unpaired) electrons. The molecule has 4 aromatic rings. The van der Waals surface area contributed by atoms with E-state index in [2.05, 4.69) is 20.6 Å². The molecule has 4 rings (SSSR count). The molecule has 1 aromatic carbocycles. The minimum Gasteiger partial charge on any atom is -0.496 e. The SMILES string of the molecule is COc1ccccc1-c1nc(CSc2nnc(-c3cccnc3)n2C)cs1. The third kappa shape index (κ3) is 3.72. The molecule has 0 aliphatic carbocycles. The van der Waals surface area contributed by atoms with Gasteiger partial charge in [-0.3, -0.25) is 4.98 Å². The molecule has 0 atom stereocenters. The van der Waals surface area contributed by atoms with Crippen LogP contribution in [-0.2, 0) is 12.8 Å². The lowest BCUT2D eigenvalue weighted by Crippen LogP contribution is -1.95. The Hall–Kier alpha value is -2.71. The van der Waals surface area contributed by atoms with Gasteiger partial charge < -0.3 is 9.30 Å². The first kappa shape index (κ1) is 17.7. The van der Waals surface area contributed by atoms with Gasteiger partial charge in [0.25, 0.3) is 0 Å². The van der Waals surface area contributed by atoms with Gasteiger partial charge in [0.2, 0.25) is 0 Å². The van der Waals surface area contributed by atoms with Crippen molar-refractivity contribution in [3.8, 4) is 27.7 Å². The van der Waals surface area contributed by atoms with Crippen LogP contribution < -0.4 is 4.74 Å². The average Bonchev–Trinajstić information content (AvgIpc) is 3.33. The summed E-state index contributed by atoms with van der Waals surface area (Å²) < 4.78 is 7.41. The summed E-state index contributed by atoms with van der Waals surface area (Å²) >= 11 is 3.23. The minimum absolute atomic E-state index is 0.727. The molecule has 0 amide bonds. The molecule has 0 unspecified atom stereocenters. The predicted octanol–water partition coefficient (Wildman–Crippen LogP) is 4.30. The summed E-state index contributed by atoms with van der Waals surface area (Å²) in [4.78, 5) is 8.89. The molecular formula is C19H17N5OS2. The highest BCUT2D eigenvalue weighted by Crippen LogP contribution is 2.33. The highest BCUT2D eigenvalue weighted by atomic mass is 32.2. The smallest absolute Gasteiger partial charge is 0.191 e. The molecule has 0 aliphatic heterocycles. The van der Waals surface area contributed by atoms with E-state index in [0.29, 0.717) is 0 Å². The molecule has 0 bridgehead atoms. The van der Waals surface area contributed by atoms with Gasteiger partial charge in [0, 0.05) is 36.1 Å². The van der Waals surface area contributed by atoms with Gasteiger partial charge in [-0.2, -0.15) is 0 Å². The van der Waals surface area contributed by atoms with Gasteiger partial charge in [-0.25, -0.2) is 4.98 Å². The Kier molecular flexibility index (Phi) is 5.17. The zero-order valence-corrected chi connectivity index (χ0v) is 16.5. The Morgan fingerprint density at radius 3 is 2.85 bits per heavy atom. The third-order valence-electron chi connectivity index (χ3n) is 3.99. The number of rotatable bonds is 6. The summed E-state index contributed by atoms with van der Waals surface area (Å²) in [5.74, 6) is 2.36. The fraction of sp³-hybridized carbons (Fsp3) is 0.158. The monoisotopic (exact) mass is 395 g/mol. The second kappa shape index (κ2) is 7.89. The van der Waals surface area contributed by atoms with Crippen molar-refractivity contribution in [2.45, 2.75) is 10.9 Å². The number of nitrogens with zero attached hydrogens (tertiary/aromatic N) is 5. The zero-order chi connectivity index (χ0) is 18.6. The lowest BCUT2D eigenvalue weighted by molar-refractivity contribution is 0.416. The molecule has 0 spiro atoms. The lowest BCUT2D eigenvalue weighted by Gasteiger charge is -2.04. The van der Waals surface area contributed by atoms with Gasteiger partial charge in [0.15, 0.2) is 11.0 Å². The van der Waals surface area contributed by atoms with E-state index >= 15 is 0 Å². The number of aromatic nitrogens is 5. The van der Waals surface area contributed by atoms with Crippen LogP contribution in [0.5, 0.6) is 5.75 Å². The average molecular weight is 396 g/mol. The Morgan fingerprint density at radius 1 is 1.15 bits per heavy atom. The molecule has 8 heteroatoms. The van der Waals surface area contributed by atoms with E-state index in [1.807, 2.05) is 48.0 Å². The second-order valence-electron chi connectivity index (χ2n) is 5.74. The van der Waals surface area contributed by atoms with Crippen molar-refractivity contribution in [2.75, 3.05) is 7.11 Å². The van der Waals surface area contributed by atoms with Gasteiger partial charge in [-0.1, -0.05) is 23.9 Å². The van der Waals surface area contributed by atoms with Gasteiger partial charge in [-0.15, -0.1) is 21.5 Å². The molecule has 136 valence electrons. The number of methoxy groups -OCH3 is 1. The normalized spacial score (nSPS) is 10.9. The summed E-state index contributed by atoms with van der Waals surface area (Å²) in [7, 11) is 3.64. The minimum atomic E-state index is 0.727. The summed E-state index contributed by atoms with van der Waals surface area (Å²) in [6.07, 6.45) is 3.54. The number of ether oxygens (including phenoxy) is 1. The number of hydrogen-bond donors (Lipinski definition) is 0. The van der Waals surface area contributed by atoms with Crippen LogP contribution in [0.3, 0.4) is 0 Å². The van der Waals surface area contributed by atoms with Crippen LogP contribution >= 0.6 is 23.1 Å². The fourth-order valence-corrected chi connectivity index (χ4v) is 4.40. The van der Waals surface area contributed by atoms with Crippen LogP contribution in [0.1, 0.15) is 5.69 Å². The Morgan fingerprint density at radius 2 is 2.04 bits per heavy atom. The molecule has 6 nitrogen and oxygen atoms in total.